The summed E-state index contributed by atoms with van der Waals surface area (Å²) in [5, 5.41) is 21.2. The Bertz CT molecular complexity index is 1080. The third-order valence-electron chi connectivity index (χ3n) is 15.1. The molecule has 8 nitrogen and oxygen atoms in total. The molecule has 9 heteroatoms. The minimum atomic E-state index is -0.972. The van der Waals surface area contributed by atoms with E-state index in [4.69, 9.17) is 9.47 Å². The van der Waals surface area contributed by atoms with Crippen molar-refractivity contribution in [1.82, 2.24) is 0 Å². The van der Waals surface area contributed by atoms with Crippen LogP contribution in [-0.2, 0) is 28.7 Å². The summed E-state index contributed by atoms with van der Waals surface area (Å²) in [4.78, 5) is 46.2. The molecule has 0 aromatic rings. The maximum Gasteiger partial charge on any atom is 2.00 e. The molecule has 0 aliphatic rings. The Morgan fingerprint density at radius 3 is 0.613 bits per heavy atom. The van der Waals surface area contributed by atoms with E-state index in [1.165, 1.54) is 231 Å². The molecule has 0 spiro atoms. The molecule has 0 aliphatic heterocycles. The van der Waals surface area contributed by atoms with Gasteiger partial charge >= 0.3 is 49.7 Å². The van der Waals surface area contributed by atoms with E-state index in [1.807, 2.05) is 0 Å². The second kappa shape index (κ2) is 67.4. The fourth-order valence-electron chi connectivity index (χ4n) is 10.2. The van der Waals surface area contributed by atoms with Gasteiger partial charge in [0, 0.05) is 24.8 Å². The van der Waals surface area contributed by atoms with Gasteiger partial charge in [-0.3, -0.25) is 9.59 Å². The molecule has 2 unspecified atom stereocenters. The van der Waals surface area contributed by atoms with E-state index in [-0.39, 0.29) is 74.7 Å². The van der Waals surface area contributed by atoms with E-state index in [2.05, 4.69) is 27.7 Å². The third kappa shape index (κ3) is 69.2. The summed E-state index contributed by atoms with van der Waals surface area (Å²) in [5.41, 5.74) is 0. The van der Waals surface area contributed by atoms with Gasteiger partial charge in [0.2, 0.25) is 0 Å². The number of hydrogen-bond donors (Lipinski definition) is 0. The maximum absolute atomic E-state index is 12.5. The predicted octanol–water partition coefficient (Wildman–Crippen LogP) is 18.8. The summed E-state index contributed by atoms with van der Waals surface area (Å²) < 4.78 is 11.8. The second-order valence-electron chi connectivity index (χ2n) is 22.7. The van der Waals surface area contributed by atoms with Crippen LogP contribution < -0.4 is 10.2 Å². The van der Waals surface area contributed by atoms with Crippen molar-refractivity contribution in [2.75, 3.05) is 0 Å². The largest absolute Gasteiger partial charge is 2.00 e. The van der Waals surface area contributed by atoms with Crippen LogP contribution in [0.3, 0.4) is 0 Å². The van der Waals surface area contributed by atoms with Crippen molar-refractivity contribution < 1.29 is 38.9 Å². The van der Waals surface area contributed by atoms with E-state index >= 15 is 0 Å². The Balaban J connectivity index is -0.00000136. The quantitative estimate of drug-likeness (QED) is 0.0334. The van der Waals surface area contributed by atoms with Crippen molar-refractivity contribution in [1.29, 1.82) is 0 Å². The first-order valence-corrected chi connectivity index (χ1v) is 33.0. The minimum absolute atomic E-state index is 0. The first kappa shape index (κ1) is 78.4. The smallest absolute Gasteiger partial charge is 0.550 e. The molecule has 0 saturated heterocycles. The summed E-state index contributed by atoms with van der Waals surface area (Å²) >= 11 is 0. The minimum Gasteiger partial charge on any atom is -0.550 e. The van der Waals surface area contributed by atoms with Gasteiger partial charge in [0.15, 0.2) is 0 Å². The van der Waals surface area contributed by atoms with Crippen molar-refractivity contribution in [3.05, 3.63) is 0 Å². The molecule has 0 heterocycles. The van der Waals surface area contributed by atoms with Crippen LogP contribution in [0.15, 0.2) is 0 Å². The molecule has 0 rings (SSSR count). The van der Waals surface area contributed by atoms with Crippen molar-refractivity contribution in [3.8, 4) is 0 Å². The Morgan fingerprint density at radius 1 is 0.253 bits per heavy atom. The molecular formula is C66H126CaO8. The van der Waals surface area contributed by atoms with E-state index in [1.54, 1.807) is 0 Å². The molecule has 0 saturated carbocycles. The number of carbonyl (C=O) groups is 4. The summed E-state index contributed by atoms with van der Waals surface area (Å²) in [6.07, 6.45) is 64.1. The number of unbranched alkanes of at least 4 members (excludes halogenated alkanes) is 42. The first-order chi connectivity index (χ1) is 36.2. The molecule has 0 aliphatic carbocycles. The number of ether oxygens (including phenoxy) is 2. The number of rotatable bonds is 60. The van der Waals surface area contributed by atoms with E-state index in [0.717, 1.165) is 89.9 Å². The number of carbonyl (C=O) groups excluding carboxylic acids is 4. The van der Waals surface area contributed by atoms with Crippen LogP contribution in [0.1, 0.15) is 387 Å². The number of esters is 2. The van der Waals surface area contributed by atoms with E-state index in [9.17, 15) is 29.4 Å². The van der Waals surface area contributed by atoms with Crippen LogP contribution in [0, 0.1) is 0 Å². The number of aliphatic carboxylic acids is 2. The Hall–Kier alpha value is -0.860. The molecule has 0 N–H and O–H groups in total. The molecular weight excluding hydrogens is 961 g/mol. The average Bonchev–Trinajstić information content (AvgIpc) is 3.37. The molecule has 75 heavy (non-hydrogen) atoms. The van der Waals surface area contributed by atoms with Gasteiger partial charge in [-0.15, -0.1) is 0 Å². The van der Waals surface area contributed by atoms with Crippen LogP contribution in [0.2, 0.25) is 0 Å². The van der Waals surface area contributed by atoms with Gasteiger partial charge < -0.3 is 29.3 Å². The maximum atomic E-state index is 12.5. The predicted molar refractivity (Wildman–Crippen MR) is 317 cm³/mol. The third-order valence-corrected chi connectivity index (χ3v) is 15.1. The molecule has 0 amide bonds. The van der Waals surface area contributed by atoms with Crippen molar-refractivity contribution in [2.24, 2.45) is 0 Å². The second-order valence-corrected chi connectivity index (χ2v) is 22.7. The van der Waals surface area contributed by atoms with Gasteiger partial charge in [-0.05, 0) is 89.9 Å². The van der Waals surface area contributed by atoms with Crippen molar-refractivity contribution in [3.63, 3.8) is 0 Å². The summed E-state index contributed by atoms with van der Waals surface area (Å²) in [5.74, 6) is -2.02. The van der Waals surface area contributed by atoms with Gasteiger partial charge in [0.05, 0.1) is 0 Å². The van der Waals surface area contributed by atoms with Crippen molar-refractivity contribution >= 4 is 61.6 Å². The first-order valence-electron chi connectivity index (χ1n) is 33.0. The Morgan fingerprint density at radius 2 is 0.413 bits per heavy atom. The summed E-state index contributed by atoms with van der Waals surface area (Å²) in [7, 11) is 0. The molecule has 440 valence electrons. The fraction of sp³-hybridized carbons (Fsp3) is 0.939. The van der Waals surface area contributed by atoms with Crippen LogP contribution in [-0.4, -0.2) is 73.8 Å². The van der Waals surface area contributed by atoms with Gasteiger partial charge in [-0.1, -0.05) is 285 Å². The molecule has 0 aromatic carbocycles. The SMILES string of the molecule is CCCCCCCCCCCCCCC(=O)OC(CCCCCCCCCCC)CCCCCC(=O)[O-].CCCCCCCCCCCCCCC(=O)OC(CCCCCCCCCCC)CCCCCC(=O)[O-].[Ca+2]. The molecule has 0 bridgehead atoms. The standard InChI is InChI=1S/2C33H64O4.Ca/c2*1-3-5-7-9-11-13-14-15-17-19-21-26-30-33(36)37-31(28-24-22-25-29-32(34)35)27-23-20-18-16-12-10-8-6-4-2;/h2*31H,3-30H2,1-2H3,(H,34,35);/q;;+2/p-2. The summed E-state index contributed by atoms with van der Waals surface area (Å²) in [6.45, 7) is 9.04. The number of hydrogen-bond acceptors (Lipinski definition) is 8. The number of carboxylic acids is 2. The molecule has 2 atom stereocenters. The zero-order valence-electron chi connectivity index (χ0n) is 50.7. The Labute approximate surface area is 496 Å². The fourth-order valence-corrected chi connectivity index (χ4v) is 10.2. The van der Waals surface area contributed by atoms with Crippen LogP contribution in [0.25, 0.3) is 0 Å². The monoisotopic (exact) mass is 1090 g/mol. The molecule has 0 fully saturated rings. The average molecular weight is 1090 g/mol. The van der Waals surface area contributed by atoms with Gasteiger partial charge in [0.1, 0.15) is 12.2 Å². The van der Waals surface area contributed by atoms with Crippen molar-refractivity contribution in [2.45, 2.75) is 399 Å². The molecule has 0 aromatic heterocycles. The van der Waals surface area contributed by atoms with Gasteiger partial charge in [0.25, 0.3) is 0 Å². The van der Waals surface area contributed by atoms with E-state index < -0.39 is 11.9 Å². The summed E-state index contributed by atoms with van der Waals surface area (Å²) in [6, 6.07) is 0. The van der Waals surface area contributed by atoms with Crippen LogP contribution >= 0.6 is 0 Å². The zero-order valence-corrected chi connectivity index (χ0v) is 52.9. The topological polar surface area (TPSA) is 133 Å². The van der Waals surface area contributed by atoms with Crippen LogP contribution in [0.5, 0.6) is 0 Å². The van der Waals surface area contributed by atoms with Gasteiger partial charge in [-0.25, -0.2) is 0 Å². The normalized spacial score (nSPS) is 11.9. The van der Waals surface area contributed by atoms with Gasteiger partial charge in [-0.2, -0.15) is 0 Å². The van der Waals surface area contributed by atoms with Crippen LogP contribution in [0.4, 0.5) is 0 Å². The van der Waals surface area contributed by atoms with E-state index in [0.29, 0.717) is 25.7 Å². The Kier molecular flexibility index (Phi) is 70.4. The number of carboxylic acid groups (broad SMARTS) is 2. The molecule has 0 radical (unpaired) electrons. The zero-order chi connectivity index (χ0) is 54.5.